The Morgan fingerprint density at radius 2 is 2.36 bits per heavy atom. The van der Waals surface area contributed by atoms with E-state index < -0.39 is 17.9 Å². The first kappa shape index (κ1) is 7.91. The minimum absolute atomic E-state index is 0.00301. The Hall–Kier alpha value is -1.19. The van der Waals surface area contributed by atoms with E-state index in [1.54, 1.807) is 0 Å². The molecule has 0 saturated heterocycles. The maximum atomic E-state index is 12.4. The van der Waals surface area contributed by atoms with Crippen molar-refractivity contribution in [3.05, 3.63) is 11.6 Å². The normalized spacial score (nSPS) is 24.6. The molecule has 1 unspecified atom stereocenters. The van der Waals surface area contributed by atoms with Crippen LogP contribution in [0.5, 0.6) is 0 Å². The van der Waals surface area contributed by atoms with Crippen LogP contribution in [0.4, 0.5) is 4.39 Å². The second-order valence-corrected chi connectivity index (χ2v) is 2.38. The molecule has 0 heterocycles. The van der Waals surface area contributed by atoms with Crippen LogP contribution in [0.2, 0.25) is 0 Å². The lowest BCUT2D eigenvalue weighted by molar-refractivity contribution is -0.133. The Balaban J connectivity index is 2.79. The highest BCUT2D eigenvalue weighted by Gasteiger charge is 2.24. The summed E-state index contributed by atoms with van der Waals surface area (Å²) in [6.45, 7) is 0. The summed E-state index contributed by atoms with van der Waals surface area (Å²) in [4.78, 5) is 20.9. The fourth-order valence-electron chi connectivity index (χ4n) is 0.927. The second-order valence-electron chi connectivity index (χ2n) is 2.38. The van der Waals surface area contributed by atoms with E-state index in [2.05, 4.69) is 0 Å². The molecule has 1 N–H and O–H groups in total. The summed E-state index contributed by atoms with van der Waals surface area (Å²) in [7, 11) is 0. The van der Waals surface area contributed by atoms with Crippen molar-refractivity contribution in [1.29, 1.82) is 0 Å². The molecule has 0 aromatic heterocycles. The van der Waals surface area contributed by atoms with Gasteiger partial charge in [-0.15, -0.1) is 0 Å². The zero-order valence-electron chi connectivity index (χ0n) is 5.71. The van der Waals surface area contributed by atoms with Crippen molar-refractivity contribution in [2.45, 2.75) is 19.0 Å². The van der Waals surface area contributed by atoms with Gasteiger partial charge in [0.1, 0.15) is 0 Å². The number of halogens is 1. The standard InChI is InChI=1S/C7H7FO3/c8-5-2-1-4(7(10)11)3-6(5)9/h3,5H,1-2H2,(H,10,11). The molecule has 0 spiro atoms. The maximum absolute atomic E-state index is 12.4. The minimum Gasteiger partial charge on any atom is -0.478 e. The van der Waals surface area contributed by atoms with Gasteiger partial charge in [0, 0.05) is 5.57 Å². The Labute approximate surface area is 62.5 Å². The number of carbonyl (C=O) groups is 2. The van der Waals surface area contributed by atoms with E-state index in [-0.39, 0.29) is 18.4 Å². The number of hydrogen-bond donors (Lipinski definition) is 1. The van der Waals surface area contributed by atoms with Crippen LogP contribution in [0, 0.1) is 0 Å². The molecule has 1 rings (SSSR count). The van der Waals surface area contributed by atoms with Crippen LogP contribution in [0.15, 0.2) is 11.6 Å². The van der Waals surface area contributed by atoms with Gasteiger partial charge in [0.2, 0.25) is 0 Å². The minimum atomic E-state index is -1.50. The van der Waals surface area contributed by atoms with Crippen LogP contribution >= 0.6 is 0 Å². The van der Waals surface area contributed by atoms with Crippen molar-refractivity contribution in [2.24, 2.45) is 0 Å². The first-order valence-electron chi connectivity index (χ1n) is 3.23. The molecule has 0 bridgehead atoms. The molecule has 0 radical (unpaired) electrons. The van der Waals surface area contributed by atoms with Crippen molar-refractivity contribution in [2.75, 3.05) is 0 Å². The molecular weight excluding hydrogens is 151 g/mol. The number of alkyl halides is 1. The number of allylic oxidation sites excluding steroid dienone is 1. The van der Waals surface area contributed by atoms with Gasteiger partial charge in [0.15, 0.2) is 12.0 Å². The first-order chi connectivity index (χ1) is 5.11. The number of ketones is 1. The van der Waals surface area contributed by atoms with Gasteiger partial charge < -0.3 is 5.11 Å². The van der Waals surface area contributed by atoms with E-state index >= 15 is 0 Å². The van der Waals surface area contributed by atoms with Gasteiger partial charge in [-0.25, -0.2) is 9.18 Å². The molecule has 4 heteroatoms. The molecule has 1 aliphatic rings. The summed E-state index contributed by atoms with van der Waals surface area (Å²) in [6.07, 6.45) is -0.492. The highest BCUT2D eigenvalue weighted by molar-refractivity contribution is 6.02. The summed E-state index contributed by atoms with van der Waals surface area (Å²) in [5, 5.41) is 8.40. The number of rotatable bonds is 1. The number of hydrogen-bond acceptors (Lipinski definition) is 2. The van der Waals surface area contributed by atoms with Gasteiger partial charge in [0.25, 0.3) is 0 Å². The molecule has 3 nitrogen and oxygen atoms in total. The molecule has 60 valence electrons. The molecule has 0 amide bonds. The van der Waals surface area contributed by atoms with E-state index in [0.29, 0.717) is 0 Å². The van der Waals surface area contributed by atoms with Crippen molar-refractivity contribution in [3.8, 4) is 0 Å². The largest absolute Gasteiger partial charge is 0.478 e. The predicted molar refractivity (Wildman–Crippen MR) is 34.9 cm³/mol. The van der Waals surface area contributed by atoms with Crippen molar-refractivity contribution >= 4 is 11.8 Å². The van der Waals surface area contributed by atoms with Gasteiger partial charge in [-0.3, -0.25) is 4.79 Å². The molecule has 0 aromatic carbocycles. The Bertz CT molecular complexity index is 232. The van der Waals surface area contributed by atoms with Gasteiger partial charge in [-0.1, -0.05) is 0 Å². The molecule has 0 saturated carbocycles. The summed E-state index contributed by atoms with van der Waals surface area (Å²) in [5.74, 6) is -1.86. The van der Waals surface area contributed by atoms with E-state index in [1.807, 2.05) is 0 Å². The fraction of sp³-hybridized carbons (Fsp3) is 0.429. The number of carboxylic acid groups (broad SMARTS) is 1. The highest BCUT2D eigenvalue weighted by atomic mass is 19.1. The van der Waals surface area contributed by atoms with Crippen LogP contribution in [0.1, 0.15) is 12.8 Å². The van der Waals surface area contributed by atoms with E-state index in [1.165, 1.54) is 0 Å². The van der Waals surface area contributed by atoms with Gasteiger partial charge in [-0.2, -0.15) is 0 Å². The van der Waals surface area contributed by atoms with E-state index in [4.69, 9.17) is 5.11 Å². The average molecular weight is 158 g/mol. The summed E-state index contributed by atoms with van der Waals surface area (Å²) < 4.78 is 12.4. The molecule has 1 aliphatic carbocycles. The van der Waals surface area contributed by atoms with Crippen LogP contribution in [-0.2, 0) is 9.59 Å². The zero-order chi connectivity index (χ0) is 8.43. The molecule has 0 aromatic rings. The lowest BCUT2D eigenvalue weighted by Crippen LogP contribution is -2.20. The Morgan fingerprint density at radius 3 is 2.82 bits per heavy atom. The lowest BCUT2D eigenvalue weighted by Gasteiger charge is -2.10. The highest BCUT2D eigenvalue weighted by Crippen LogP contribution is 2.17. The summed E-state index contributed by atoms with van der Waals surface area (Å²) >= 11 is 0. The van der Waals surface area contributed by atoms with Crippen LogP contribution in [-0.4, -0.2) is 23.0 Å². The Morgan fingerprint density at radius 1 is 1.73 bits per heavy atom. The maximum Gasteiger partial charge on any atom is 0.331 e. The average Bonchev–Trinajstić information content (AvgIpc) is 1.94. The quantitative estimate of drug-likeness (QED) is 0.611. The van der Waals surface area contributed by atoms with Crippen LogP contribution < -0.4 is 0 Å². The van der Waals surface area contributed by atoms with Crippen LogP contribution in [0.25, 0.3) is 0 Å². The summed E-state index contributed by atoms with van der Waals surface area (Å²) in [6, 6.07) is 0. The third-order valence-corrected chi connectivity index (χ3v) is 1.57. The molecule has 0 aliphatic heterocycles. The zero-order valence-corrected chi connectivity index (χ0v) is 5.71. The SMILES string of the molecule is O=C(O)C1=CC(=O)C(F)CC1. The van der Waals surface area contributed by atoms with Gasteiger partial charge >= 0.3 is 5.97 Å². The number of carbonyl (C=O) groups excluding carboxylic acids is 1. The first-order valence-corrected chi connectivity index (χ1v) is 3.23. The Kier molecular flexibility index (Phi) is 2.03. The topological polar surface area (TPSA) is 54.4 Å². The molecular formula is C7H7FO3. The van der Waals surface area contributed by atoms with Crippen molar-refractivity contribution < 1.29 is 19.1 Å². The smallest absolute Gasteiger partial charge is 0.331 e. The van der Waals surface area contributed by atoms with Gasteiger partial charge in [-0.05, 0) is 18.9 Å². The van der Waals surface area contributed by atoms with Crippen molar-refractivity contribution in [3.63, 3.8) is 0 Å². The second kappa shape index (κ2) is 2.82. The predicted octanol–water partition coefficient (Wildman–Crippen LogP) is 0.698. The molecule has 0 fully saturated rings. The number of aliphatic carboxylic acids is 1. The van der Waals surface area contributed by atoms with Gasteiger partial charge in [0.05, 0.1) is 0 Å². The van der Waals surface area contributed by atoms with Crippen LogP contribution in [0.3, 0.4) is 0 Å². The fourth-order valence-corrected chi connectivity index (χ4v) is 0.927. The number of carboxylic acids is 1. The van der Waals surface area contributed by atoms with Crippen molar-refractivity contribution in [1.82, 2.24) is 0 Å². The lowest BCUT2D eigenvalue weighted by atomic mass is 9.97. The van der Waals surface area contributed by atoms with E-state index in [9.17, 15) is 14.0 Å². The third kappa shape index (κ3) is 1.63. The third-order valence-electron chi connectivity index (χ3n) is 1.57. The molecule has 1 atom stereocenters. The monoisotopic (exact) mass is 158 g/mol. The molecule has 11 heavy (non-hydrogen) atoms. The summed E-state index contributed by atoms with van der Waals surface area (Å²) in [5.41, 5.74) is 0.00361. The van der Waals surface area contributed by atoms with E-state index in [0.717, 1.165) is 6.08 Å².